The first-order chi connectivity index (χ1) is 7.69. The number of nitrogen functional groups attached to an aromatic ring is 1. The zero-order chi connectivity index (χ0) is 12.0. The summed E-state index contributed by atoms with van der Waals surface area (Å²) >= 11 is 0. The molecule has 0 aliphatic rings. The highest BCUT2D eigenvalue weighted by molar-refractivity contribution is 5.93. The van der Waals surface area contributed by atoms with Crippen molar-refractivity contribution in [2.45, 2.75) is 19.9 Å². The Morgan fingerprint density at radius 1 is 1.62 bits per heavy atom. The van der Waals surface area contributed by atoms with Crippen LogP contribution in [0.3, 0.4) is 0 Å². The number of carbonyl (C=O) groups excluding carboxylic acids is 1. The maximum absolute atomic E-state index is 11.8. The van der Waals surface area contributed by atoms with Gasteiger partial charge < -0.3 is 20.4 Å². The molecule has 0 aromatic carbocycles. The van der Waals surface area contributed by atoms with E-state index in [1.165, 1.54) is 0 Å². The number of methoxy groups -OCH3 is 1. The van der Waals surface area contributed by atoms with Crippen LogP contribution < -0.4 is 11.1 Å². The average molecular weight is 225 g/mol. The maximum Gasteiger partial charge on any atom is 0.268 e. The Balaban J connectivity index is 2.66. The maximum atomic E-state index is 11.8. The summed E-state index contributed by atoms with van der Waals surface area (Å²) < 4.78 is 6.74. The zero-order valence-corrected chi connectivity index (χ0v) is 9.82. The van der Waals surface area contributed by atoms with Gasteiger partial charge in [0.2, 0.25) is 0 Å². The Labute approximate surface area is 95.6 Å². The number of nitrogens with one attached hydrogen (secondary N) is 1. The lowest BCUT2D eigenvalue weighted by atomic mass is 10.3. The van der Waals surface area contributed by atoms with Crippen LogP contribution in [0.4, 0.5) is 5.69 Å². The highest BCUT2D eigenvalue weighted by Crippen LogP contribution is 2.11. The summed E-state index contributed by atoms with van der Waals surface area (Å²) in [5.41, 5.74) is 6.90. The van der Waals surface area contributed by atoms with Crippen molar-refractivity contribution < 1.29 is 9.53 Å². The first kappa shape index (κ1) is 12.6. The second-order valence-electron chi connectivity index (χ2n) is 3.60. The van der Waals surface area contributed by atoms with E-state index in [1.807, 2.05) is 4.57 Å². The average Bonchev–Trinajstić information content (AvgIpc) is 2.60. The van der Waals surface area contributed by atoms with Gasteiger partial charge in [-0.05, 0) is 12.5 Å². The van der Waals surface area contributed by atoms with Crippen molar-refractivity contribution in [3.63, 3.8) is 0 Å². The number of rotatable bonds is 6. The van der Waals surface area contributed by atoms with Crippen molar-refractivity contribution in [3.8, 4) is 0 Å². The van der Waals surface area contributed by atoms with Crippen LogP contribution in [0.2, 0.25) is 0 Å². The Morgan fingerprint density at radius 2 is 2.38 bits per heavy atom. The Kier molecular flexibility index (Phi) is 4.85. The number of hydrogen-bond acceptors (Lipinski definition) is 3. The normalized spacial score (nSPS) is 10.4. The number of carbonyl (C=O) groups is 1. The summed E-state index contributed by atoms with van der Waals surface area (Å²) in [7, 11) is 1.60. The standard InChI is InChI=1S/C11H19N3O2/c1-3-5-14-8-9(12)7-10(14)11(15)13-4-6-16-2/h7-8H,3-6,12H2,1-2H3,(H,13,15). The first-order valence-corrected chi connectivity index (χ1v) is 5.41. The Bertz CT molecular complexity index is 347. The molecule has 16 heavy (non-hydrogen) atoms. The molecular formula is C11H19N3O2. The number of aromatic nitrogens is 1. The van der Waals surface area contributed by atoms with Crippen LogP contribution in [-0.4, -0.2) is 30.7 Å². The van der Waals surface area contributed by atoms with Crippen LogP contribution in [0.5, 0.6) is 0 Å². The van der Waals surface area contributed by atoms with Crippen LogP contribution in [-0.2, 0) is 11.3 Å². The molecule has 0 radical (unpaired) electrons. The van der Waals surface area contributed by atoms with Crippen molar-refractivity contribution >= 4 is 11.6 Å². The number of hydrogen-bond donors (Lipinski definition) is 2. The van der Waals surface area contributed by atoms with E-state index in [0.29, 0.717) is 24.5 Å². The molecule has 5 heteroatoms. The van der Waals surface area contributed by atoms with Crippen molar-refractivity contribution in [2.24, 2.45) is 0 Å². The van der Waals surface area contributed by atoms with Gasteiger partial charge in [0.25, 0.3) is 5.91 Å². The molecule has 0 bridgehead atoms. The number of amides is 1. The summed E-state index contributed by atoms with van der Waals surface area (Å²) in [6.07, 6.45) is 2.75. The second-order valence-corrected chi connectivity index (χ2v) is 3.60. The van der Waals surface area contributed by atoms with E-state index in [-0.39, 0.29) is 5.91 Å². The van der Waals surface area contributed by atoms with Crippen molar-refractivity contribution in [3.05, 3.63) is 18.0 Å². The zero-order valence-electron chi connectivity index (χ0n) is 9.82. The molecule has 3 N–H and O–H groups in total. The van der Waals surface area contributed by atoms with Gasteiger partial charge in [0.15, 0.2) is 0 Å². The lowest BCUT2D eigenvalue weighted by Gasteiger charge is -2.07. The molecule has 0 atom stereocenters. The SMILES string of the molecule is CCCn1cc(N)cc1C(=O)NCCOC. The molecule has 1 aromatic rings. The molecule has 0 saturated carbocycles. The van der Waals surface area contributed by atoms with E-state index in [4.69, 9.17) is 10.5 Å². The minimum atomic E-state index is -0.109. The van der Waals surface area contributed by atoms with Gasteiger partial charge in [0.1, 0.15) is 5.69 Å². The number of ether oxygens (including phenoxy) is 1. The van der Waals surface area contributed by atoms with E-state index in [1.54, 1.807) is 19.4 Å². The molecule has 90 valence electrons. The monoisotopic (exact) mass is 225 g/mol. The van der Waals surface area contributed by atoms with E-state index in [2.05, 4.69) is 12.2 Å². The Hall–Kier alpha value is -1.49. The quantitative estimate of drug-likeness (QED) is 0.705. The lowest BCUT2D eigenvalue weighted by Crippen LogP contribution is -2.28. The number of nitrogens with two attached hydrogens (primary N) is 1. The summed E-state index contributed by atoms with van der Waals surface area (Å²) in [6.45, 7) is 3.87. The van der Waals surface area contributed by atoms with Gasteiger partial charge in [-0.15, -0.1) is 0 Å². The smallest absolute Gasteiger partial charge is 0.268 e. The van der Waals surface area contributed by atoms with Crippen molar-refractivity contribution in [2.75, 3.05) is 26.0 Å². The molecule has 0 fully saturated rings. The third-order valence-corrected chi connectivity index (χ3v) is 2.21. The van der Waals surface area contributed by atoms with E-state index >= 15 is 0 Å². The number of nitrogens with zero attached hydrogens (tertiary/aromatic N) is 1. The number of aryl methyl sites for hydroxylation is 1. The van der Waals surface area contributed by atoms with E-state index in [9.17, 15) is 4.79 Å². The van der Waals surface area contributed by atoms with E-state index < -0.39 is 0 Å². The largest absolute Gasteiger partial charge is 0.397 e. The minimum Gasteiger partial charge on any atom is -0.397 e. The Morgan fingerprint density at radius 3 is 3.00 bits per heavy atom. The van der Waals surface area contributed by atoms with Crippen LogP contribution in [0.1, 0.15) is 23.8 Å². The molecule has 0 saturated heterocycles. The minimum absolute atomic E-state index is 0.109. The molecule has 1 rings (SSSR count). The van der Waals surface area contributed by atoms with Gasteiger partial charge >= 0.3 is 0 Å². The lowest BCUT2D eigenvalue weighted by molar-refractivity contribution is 0.0927. The van der Waals surface area contributed by atoms with Crippen LogP contribution in [0, 0.1) is 0 Å². The topological polar surface area (TPSA) is 69.3 Å². The highest BCUT2D eigenvalue weighted by Gasteiger charge is 2.11. The summed E-state index contributed by atoms with van der Waals surface area (Å²) in [4.78, 5) is 11.8. The van der Waals surface area contributed by atoms with Crippen LogP contribution >= 0.6 is 0 Å². The fourth-order valence-electron chi connectivity index (χ4n) is 1.51. The summed E-state index contributed by atoms with van der Waals surface area (Å²) in [5.74, 6) is -0.109. The van der Waals surface area contributed by atoms with Crippen LogP contribution in [0.15, 0.2) is 12.3 Å². The van der Waals surface area contributed by atoms with Gasteiger partial charge in [0.05, 0.1) is 12.3 Å². The van der Waals surface area contributed by atoms with Crippen molar-refractivity contribution in [1.29, 1.82) is 0 Å². The highest BCUT2D eigenvalue weighted by atomic mass is 16.5. The van der Waals surface area contributed by atoms with E-state index in [0.717, 1.165) is 13.0 Å². The summed E-state index contributed by atoms with van der Waals surface area (Å²) in [6, 6.07) is 1.69. The summed E-state index contributed by atoms with van der Waals surface area (Å²) in [5, 5.41) is 2.77. The van der Waals surface area contributed by atoms with Gasteiger partial charge in [-0.2, -0.15) is 0 Å². The van der Waals surface area contributed by atoms with Gasteiger partial charge in [-0.25, -0.2) is 0 Å². The third-order valence-electron chi connectivity index (χ3n) is 2.21. The molecule has 1 aromatic heterocycles. The first-order valence-electron chi connectivity index (χ1n) is 5.41. The second kappa shape index (κ2) is 6.17. The molecule has 5 nitrogen and oxygen atoms in total. The fraction of sp³-hybridized carbons (Fsp3) is 0.545. The number of anilines is 1. The molecule has 0 aliphatic heterocycles. The van der Waals surface area contributed by atoms with Gasteiger partial charge in [-0.1, -0.05) is 6.92 Å². The molecule has 0 spiro atoms. The molecular weight excluding hydrogens is 206 g/mol. The molecule has 0 unspecified atom stereocenters. The predicted molar refractivity (Wildman–Crippen MR) is 63.3 cm³/mol. The molecule has 1 amide bonds. The van der Waals surface area contributed by atoms with Crippen molar-refractivity contribution in [1.82, 2.24) is 9.88 Å². The predicted octanol–water partition coefficient (Wildman–Crippen LogP) is 0.856. The van der Waals surface area contributed by atoms with Crippen LogP contribution in [0.25, 0.3) is 0 Å². The molecule has 0 aliphatic carbocycles. The molecule has 1 heterocycles. The van der Waals surface area contributed by atoms with Gasteiger partial charge in [-0.3, -0.25) is 4.79 Å². The fourth-order valence-corrected chi connectivity index (χ4v) is 1.51. The van der Waals surface area contributed by atoms with Gasteiger partial charge in [0, 0.05) is 26.4 Å². The third kappa shape index (κ3) is 3.27.